The van der Waals surface area contributed by atoms with E-state index in [4.69, 9.17) is 21.6 Å². The number of hydrogen-bond donors (Lipinski definition) is 2. The molecule has 156 valence electrons. The van der Waals surface area contributed by atoms with Crippen molar-refractivity contribution >= 4 is 46.8 Å². The molecule has 7 nitrogen and oxygen atoms in total. The number of halogens is 1. The van der Waals surface area contributed by atoms with Gasteiger partial charge in [-0.25, -0.2) is 4.79 Å². The zero-order valence-electron chi connectivity index (χ0n) is 16.2. The number of esters is 1. The van der Waals surface area contributed by atoms with E-state index in [0.717, 1.165) is 0 Å². The predicted octanol–water partition coefficient (Wildman–Crippen LogP) is 3.25. The summed E-state index contributed by atoms with van der Waals surface area (Å²) in [7, 11) is 0. The highest BCUT2D eigenvalue weighted by Crippen LogP contribution is 2.12. The van der Waals surface area contributed by atoms with E-state index in [1.807, 2.05) is 12.3 Å². The molecular weight excluding hydrogens is 426 g/mol. The molecule has 0 spiro atoms. The summed E-state index contributed by atoms with van der Waals surface area (Å²) in [6.07, 6.45) is 2.23. The van der Waals surface area contributed by atoms with Crippen molar-refractivity contribution in [2.75, 3.05) is 23.9 Å². The molecule has 0 fully saturated rings. The molecule has 2 rings (SSSR count). The minimum absolute atomic E-state index is 0.352. The van der Waals surface area contributed by atoms with Crippen LogP contribution >= 0.6 is 23.4 Å². The van der Waals surface area contributed by atoms with Gasteiger partial charge < -0.3 is 15.4 Å². The maximum Gasteiger partial charge on any atom is 0.329 e. The van der Waals surface area contributed by atoms with Crippen LogP contribution in [0.3, 0.4) is 0 Å². The molecule has 1 atom stereocenters. The fraction of sp³-hybridized carbons (Fsp3) is 0.238. The van der Waals surface area contributed by atoms with E-state index < -0.39 is 30.4 Å². The fourth-order valence-corrected chi connectivity index (χ4v) is 3.03. The van der Waals surface area contributed by atoms with Crippen molar-refractivity contribution in [2.24, 2.45) is 0 Å². The molecule has 0 heterocycles. The largest absolute Gasteiger partial charge is 0.454 e. The molecule has 2 N–H and O–H groups in total. The van der Waals surface area contributed by atoms with E-state index >= 15 is 0 Å². The fourth-order valence-electron chi connectivity index (χ4n) is 2.43. The Morgan fingerprint density at radius 2 is 1.93 bits per heavy atom. The summed E-state index contributed by atoms with van der Waals surface area (Å²) in [6.45, 7) is -0.512. The summed E-state index contributed by atoms with van der Waals surface area (Å²) in [5, 5.41) is 14.6. The third kappa shape index (κ3) is 7.43. The van der Waals surface area contributed by atoms with Gasteiger partial charge in [0.15, 0.2) is 6.61 Å². The molecule has 0 aliphatic rings. The average Bonchev–Trinajstić information content (AvgIpc) is 2.75. The minimum atomic E-state index is -0.893. The molecule has 0 bridgehead atoms. The Kier molecular flexibility index (Phi) is 9.19. The Bertz CT molecular complexity index is 944. The van der Waals surface area contributed by atoms with Gasteiger partial charge in [0, 0.05) is 16.3 Å². The topological polar surface area (TPSA) is 108 Å². The van der Waals surface area contributed by atoms with Crippen LogP contribution in [0.5, 0.6) is 0 Å². The number of amides is 2. The summed E-state index contributed by atoms with van der Waals surface area (Å²) in [5.41, 5.74) is 1.17. The first kappa shape index (κ1) is 23.3. The number of thioether (sulfide) groups is 1. The van der Waals surface area contributed by atoms with Crippen molar-refractivity contribution in [3.63, 3.8) is 0 Å². The molecule has 0 radical (unpaired) electrons. The standard InChI is InChI=1S/C21H20ClN3O4S/c1-30-10-9-18(25-20(27)15-5-7-16(22)8-6-15)21(28)29-13-19(26)24-17-4-2-3-14(11-17)12-23/h2-8,11,18H,9-10,13H2,1H3,(H,24,26)(H,25,27)/t18-/m1/s1. The number of nitrogens with one attached hydrogen (secondary N) is 2. The lowest BCUT2D eigenvalue weighted by Crippen LogP contribution is -2.43. The van der Waals surface area contributed by atoms with Crippen LogP contribution in [-0.2, 0) is 14.3 Å². The van der Waals surface area contributed by atoms with Crippen molar-refractivity contribution in [1.29, 1.82) is 5.26 Å². The van der Waals surface area contributed by atoms with Crippen LogP contribution in [0.1, 0.15) is 22.3 Å². The first-order valence-electron chi connectivity index (χ1n) is 8.95. The lowest BCUT2D eigenvalue weighted by molar-refractivity contribution is -0.149. The Balaban J connectivity index is 1.93. The highest BCUT2D eigenvalue weighted by molar-refractivity contribution is 7.98. The number of carbonyl (C=O) groups is 3. The first-order valence-corrected chi connectivity index (χ1v) is 10.7. The average molecular weight is 446 g/mol. The molecule has 0 saturated carbocycles. The minimum Gasteiger partial charge on any atom is -0.454 e. The van der Waals surface area contributed by atoms with Crippen molar-refractivity contribution in [3.8, 4) is 6.07 Å². The Labute approximate surface area is 183 Å². The normalized spacial score (nSPS) is 11.1. The van der Waals surface area contributed by atoms with Gasteiger partial charge in [-0.05, 0) is 60.9 Å². The second-order valence-electron chi connectivity index (χ2n) is 6.16. The smallest absolute Gasteiger partial charge is 0.329 e. The van der Waals surface area contributed by atoms with Gasteiger partial charge in [-0.1, -0.05) is 17.7 Å². The van der Waals surface area contributed by atoms with E-state index in [2.05, 4.69) is 10.6 Å². The van der Waals surface area contributed by atoms with Gasteiger partial charge in [0.05, 0.1) is 11.6 Å². The van der Waals surface area contributed by atoms with Crippen LogP contribution < -0.4 is 10.6 Å². The summed E-state index contributed by atoms with van der Waals surface area (Å²) in [4.78, 5) is 36.9. The van der Waals surface area contributed by atoms with Gasteiger partial charge in [0.2, 0.25) is 0 Å². The van der Waals surface area contributed by atoms with Crippen LogP contribution in [0.4, 0.5) is 5.69 Å². The lowest BCUT2D eigenvalue weighted by atomic mass is 10.1. The highest BCUT2D eigenvalue weighted by atomic mass is 35.5. The molecule has 2 amide bonds. The molecule has 9 heteroatoms. The second kappa shape index (κ2) is 11.9. The second-order valence-corrected chi connectivity index (χ2v) is 7.58. The zero-order valence-corrected chi connectivity index (χ0v) is 17.8. The van der Waals surface area contributed by atoms with Gasteiger partial charge in [0.1, 0.15) is 6.04 Å². The zero-order chi connectivity index (χ0) is 21.9. The Morgan fingerprint density at radius 3 is 2.60 bits per heavy atom. The third-order valence-electron chi connectivity index (χ3n) is 3.93. The number of nitriles is 1. The monoisotopic (exact) mass is 445 g/mol. The third-order valence-corrected chi connectivity index (χ3v) is 4.82. The van der Waals surface area contributed by atoms with Gasteiger partial charge in [-0.15, -0.1) is 0 Å². The summed E-state index contributed by atoms with van der Waals surface area (Å²) < 4.78 is 5.09. The number of ether oxygens (including phenoxy) is 1. The van der Waals surface area contributed by atoms with Gasteiger partial charge in [0.25, 0.3) is 11.8 Å². The van der Waals surface area contributed by atoms with Gasteiger partial charge in [-0.2, -0.15) is 17.0 Å². The number of hydrogen-bond acceptors (Lipinski definition) is 6. The van der Waals surface area contributed by atoms with Crippen LogP contribution in [-0.4, -0.2) is 42.4 Å². The van der Waals surface area contributed by atoms with Crippen molar-refractivity contribution in [2.45, 2.75) is 12.5 Å². The van der Waals surface area contributed by atoms with Crippen LogP contribution in [0.15, 0.2) is 48.5 Å². The Hall–Kier alpha value is -3.02. The Morgan fingerprint density at radius 1 is 1.20 bits per heavy atom. The van der Waals surface area contributed by atoms with Crippen molar-refractivity contribution < 1.29 is 19.1 Å². The lowest BCUT2D eigenvalue weighted by Gasteiger charge is -2.17. The van der Waals surface area contributed by atoms with E-state index in [0.29, 0.717) is 34.0 Å². The molecule has 0 aromatic heterocycles. The molecule has 0 aliphatic carbocycles. The van der Waals surface area contributed by atoms with Crippen LogP contribution in [0.25, 0.3) is 0 Å². The van der Waals surface area contributed by atoms with E-state index in [1.165, 1.54) is 17.8 Å². The molecule has 0 aliphatic heterocycles. The van der Waals surface area contributed by atoms with Gasteiger partial charge >= 0.3 is 5.97 Å². The SMILES string of the molecule is CSCC[C@@H](NC(=O)c1ccc(Cl)cc1)C(=O)OCC(=O)Nc1cccc(C#N)c1. The molecular formula is C21H20ClN3O4S. The maximum atomic E-state index is 12.4. The van der Waals surface area contributed by atoms with Crippen molar-refractivity contribution in [1.82, 2.24) is 5.32 Å². The van der Waals surface area contributed by atoms with E-state index in [9.17, 15) is 14.4 Å². The summed E-state index contributed by atoms with van der Waals surface area (Å²) >= 11 is 7.34. The summed E-state index contributed by atoms with van der Waals surface area (Å²) in [5.74, 6) is -1.07. The first-order chi connectivity index (χ1) is 14.4. The number of benzene rings is 2. The number of anilines is 1. The number of carbonyl (C=O) groups excluding carboxylic acids is 3. The molecule has 0 saturated heterocycles. The van der Waals surface area contributed by atoms with Crippen LogP contribution in [0.2, 0.25) is 5.02 Å². The maximum absolute atomic E-state index is 12.4. The van der Waals surface area contributed by atoms with Crippen molar-refractivity contribution in [3.05, 3.63) is 64.7 Å². The number of rotatable bonds is 9. The molecule has 0 unspecified atom stereocenters. The van der Waals surface area contributed by atoms with E-state index in [1.54, 1.807) is 42.5 Å². The quantitative estimate of drug-likeness (QED) is 0.573. The van der Waals surface area contributed by atoms with Gasteiger partial charge in [-0.3, -0.25) is 9.59 Å². The highest BCUT2D eigenvalue weighted by Gasteiger charge is 2.23. The van der Waals surface area contributed by atoms with E-state index in [-0.39, 0.29) is 0 Å². The number of nitrogens with zero attached hydrogens (tertiary/aromatic N) is 1. The molecule has 2 aromatic rings. The molecule has 30 heavy (non-hydrogen) atoms. The van der Waals surface area contributed by atoms with Crippen LogP contribution in [0, 0.1) is 11.3 Å². The molecule has 2 aromatic carbocycles. The predicted molar refractivity (Wildman–Crippen MR) is 116 cm³/mol. The summed E-state index contributed by atoms with van der Waals surface area (Å²) in [6, 6.07) is 13.7.